The van der Waals surface area contributed by atoms with E-state index in [1.54, 1.807) is 20.8 Å². The van der Waals surface area contributed by atoms with Gasteiger partial charge in [-0.05, 0) is 44.4 Å². The predicted molar refractivity (Wildman–Crippen MR) is 90.4 cm³/mol. The summed E-state index contributed by atoms with van der Waals surface area (Å²) in [5.74, 6) is -0.158. The lowest BCUT2D eigenvalue weighted by atomic mass is 10.2. The lowest BCUT2D eigenvalue weighted by molar-refractivity contribution is -0.116. The van der Waals surface area contributed by atoms with Gasteiger partial charge in [-0.15, -0.1) is 0 Å². The Kier molecular flexibility index (Phi) is 4.93. The molecule has 23 heavy (non-hydrogen) atoms. The number of benzene rings is 1. The van der Waals surface area contributed by atoms with Gasteiger partial charge in [-0.2, -0.15) is 0 Å². The number of carbonyl (C=O) groups is 2. The number of anilines is 1. The maximum absolute atomic E-state index is 11.9. The molecule has 0 aliphatic heterocycles. The van der Waals surface area contributed by atoms with Crippen LogP contribution in [-0.4, -0.2) is 28.7 Å². The van der Waals surface area contributed by atoms with E-state index in [1.165, 1.54) is 0 Å². The highest BCUT2D eigenvalue weighted by atomic mass is 16.6. The van der Waals surface area contributed by atoms with Crippen molar-refractivity contribution < 1.29 is 14.3 Å². The molecule has 0 spiro atoms. The zero-order valence-corrected chi connectivity index (χ0v) is 14.0. The smallest absolute Gasteiger partial charge is 0.407 e. The molecule has 0 saturated heterocycles. The molecule has 0 aliphatic rings. The summed E-state index contributed by atoms with van der Waals surface area (Å²) in [7, 11) is 1.96. The van der Waals surface area contributed by atoms with Crippen molar-refractivity contribution in [2.75, 3.05) is 11.9 Å². The number of nitrogens with zero attached hydrogens (tertiary/aromatic N) is 1. The van der Waals surface area contributed by atoms with Gasteiger partial charge in [0.1, 0.15) is 5.60 Å². The highest BCUT2D eigenvalue weighted by Crippen LogP contribution is 2.19. The van der Waals surface area contributed by atoms with Crippen molar-refractivity contribution in [2.45, 2.75) is 32.8 Å². The van der Waals surface area contributed by atoms with Gasteiger partial charge in [-0.25, -0.2) is 4.79 Å². The molecule has 2 rings (SSSR count). The molecule has 1 heterocycles. The van der Waals surface area contributed by atoms with Crippen LogP contribution in [0.25, 0.3) is 10.9 Å². The third-order valence-electron chi connectivity index (χ3n) is 3.19. The number of nitrogens with one attached hydrogen (secondary N) is 2. The summed E-state index contributed by atoms with van der Waals surface area (Å²) in [4.78, 5) is 23.4. The fourth-order valence-electron chi connectivity index (χ4n) is 2.16. The van der Waals surface area contributed by atoms with E-state index in [4.69, 9.17) is 4.74 Å². The number of alkyl carbamates (subject to hydrolysis) is 1. The molecule has 0 bridgehead atoms. The lowest BCUT2D eigenvalue weighted by Crippen LogP contribution is -2.34. The van der Waals surface area contributed by atoms with Gasteiger partial charge in [0, 0.05) is 37.4 Å². The second kappa shape index (κ2) is 6.73. The van der Waals surface area contributed by atoms with Crippen LogP contribution in [0.15, 0.2) is 30.5 Å². The molecule has 124 valence electrons. The second-order valence-corrected chi connectivity index (χ2v) is 6.43. The van der Waals surface area contributed by atoms with Crippen LogP contribution in [0.4, 0.5) is 10.5 Å². The molecule has 1 aromatic carbocycles. The van der Waals surface area contributed by atoms with Crippen LogP contribution in [0.5, 0.6) is 0 Å². The summed E-state index contributed by atoms with van der Waals surface area (Å²) < 4.78 is 7.10. The van der Waals surface area contributed by atoms with Gasteiger partial charge in [0.2, 0.25) is 5.91 Å². The van der Waals surface area contributed by atoms with Crippen molar-refractivity contribution >= 4 is 28.6 Å². The van der Waals surface area contributed by atoms with Crippen molar-refractivity contribution in [1.82, 2.24) is 9.88 Å². The van der Waals surface area contributed by atoms with Crippen molar-refractivity contribution in [1.29, 1.82) is 0 Å². The molecule has 0 radical (unpaired) electrons. The molecule has 0 aliphatic carbocycles. The monoisotopic (exact) mass is 317 g/mol. The van der Waals surface area contributed by atoms with Gasteiger partial charge < -0.3 is 19.9 Å². The van der Waals surface area contributed by atoms with Gasteiger partial charge in [-0.1, -0.05) is 6.07 Å². The molecular weight excluding hydrogens is 294 g/mol. The van der Waals surface area contributed by atoms with Crippen LogP contribution in [0.3, 0.4) is 0 Å². The van der Waals surface area contributed by atoms with Crippen LogP contribution in [-0.2, 0) is 16.6 Å². The van der Waals surface area contributed by atoms with Crippen molar-refractivity contribution in [3.05, 3.63) is 30.5 Å². The summed E-state index contributed by atoms with van der Waals surface area (Å²) >= 11 is 0. The first kappa shape index (κ1) is 16.9. The summed E-state index contributed by atoms with van der Waals surface area (Å²) in [5, 5.41) is 6.52. The number of hydrogen-bond acceptors (Lipinski definition) is 3. The summed E-state index contributed by atoms with van der Waals surface area (Å²) in [6.07, 6.45) is 1.64. The second-order valence-electron chi connectivity index (χ2n) is 6.43. The third-order valence-corrected chi connectivity index (χ3v) is 3.19. The van der Waals surface area contributed by atoms with Crippen molar-refractivity contribution in [3.63, 3.8) is 0 Å². The standard InChI is InChI=1S/C17H23N3O3/c1-17(2,3)23-16(22)18-9-7-15(21)19-13-6-5-12-8-10-20(4)14(12)11-13/h5-6,8,10-11H,7,9H2,1-4H3,(H,18,22)(H,19,21). The molecule has 2 N–H and O–H groups in total. The fourth-order valence-corrected chi connectivity index (χ4v) is 2.16. The van der Waals surface area contributed by atoms with E-state index in [2.05, 4.69) is 10.6 Å². The molecule has 2 amide bonds. The minimum absolute atomic E-state index is 0.158. The maximum Gasteiger partial charge on any atom is 0.407 e. The highest BCUT2D eigenvalue weighted by Gasteiger charge is 2.15. The number of amides is 2. The van der Waals surface area contributed by atoms with Gasteiger partial charge in [0.05, 0.1) is 0 Å². The van der Waals surface area contributed by atoms with E-state index in [0.717, 1.165) is 16.6 Å². The molecule has 2 aromatic rings. The van der Waals surface area contributed by atoms with E-state index in [-0.39, 0.29) is 18.9 Å². The Morgan fingerprint density at radius 3 is 2.65 bits per heavy atom. The zero-order valence-electron chi connectivity index (χ0n) is 14.0. The van der Waals surface area contributed by atoms with Crippen LogP contribution in [0.1, 0.15) is 27.2 Å². The van der Waals surface area contributed by atoms with Crippen LogP contribution >= 0.6 is 0 Å². The molecule has 1 aromatic heterocycles. The molecule has 6 heteroatoms. The Morgan fingerprint density at radius 1 is 1.22 bits per heavy atom. The van der Waals surface area contributed by atoms with Crippen LogP contribution < -0.4 is 10.6 Å². The third kappa shape index (κ3) is 5.02. The Balaban J connectivity index is 1.82. The van der Waals surface area contributed by atoms with Gasteiger partial charge in [0.15, 0.2) is 0 Å². The number of aromatic nitrogens is 1. The number of rotatable bonds is 4. The average Bonchev–Trinajstić information content (AvgIpc) is 2.78. The molecule has 0 atom stereocenters. The Bertz CT molecular complexity index is 713. The molecular formula is C17H23N3O3. The summed E-state index contributed by atoms with van der Waals surface area (Å²) in [6, 6.07) is 7.77. The number of hydrogen-bond donors (Lipinski definition) is 2. The lowest BCUT2D eigenvalue weighted by Gasteiger charge is -2.19. The quantitative estimate of drug-likeness (QED) is 0.910. The molecule has 0 fully saturated rings. The molecule has 0 unspecified atom stereocenters. The first-order valence-corrected chi connectivity index (χ1v) is 7.56. The van der Waals surface area contributed by atoms with Crippen molar-refractivity contribution in [2.24, 2.45) is 7.05 Å². The molecule has 0 saturated carbocycles. The topological polar surface area (TPSA) is 72.4 Å². The minimum atomic E-state index is -0.545. The fraction of sp³-hybridized carbons (Fsp3) is 0.412. The SMILES string of the molecule is Cn1ccc2ccc(NC(=O)CCNC(=O)OC(C)(C)C)cc21. The van der Waals surface area contributed by atoms with Crippen LogP contribution in [0.2, 0.25) is 0 Å². The average molecular weight is 317 g/mol. The summed E-state index contributed by atoms with van der Waals surface area (Å²) in [6.45, 7) is 5.60. The normalized spacial score (nSPS) is 11.3. The first-order valence-electron chi connectivity index (χ1n) is 7.56. The maximum atomic E-state index is 11.9. The minimum Gasteiger partial charge on any atom is -0.444 e. The number of fused-ring (bicyclic) bond motifs is 1. The summed E-state index contributed by atoms with van der Waals surface area (Å²) in [5.41, 5.74) is 1.24. The number of ether oxygens (including phenoxy) is 1. The van der Waals surface area contributed by atoms with E-state index in [9.17, 15) is 9.59 Å². The first-order chi connectivity index (χ1) is 10.7. The van der Waals surface area contributed by atoms with E-state index in [0.29, 0.717) is 0 Å². The van der Waals surface area contributed by atoms with Crippen LogP contribution in [0, 0.1) is 0 Å². The predicted octanol–water partition coefficient (Wildman–Crippen LogP) is 3.03. The largest absolute Gasteiger partial charge is 0.444 e. The number of carbonyl (C=O) groups excluding carboxylic acids is 2. The van der Waals surface area contributed by atoms with E-state index in [1.807, 2.05) is 42.1 Å². The van der Waals surface area contributed by atoms with Crippen molar-refractivity contribution in [3.8, 4) is 0 Å². The van der Waals surface area contributed by atoms with E-state index < -0.39 is 11.7 Å². The van der Waals surface area contributed by atoms with E-state index >= 15 is 0 Å². The Labute approximate surface area is 135 Å². The highest BCUT2D eigenvalue weighted by molar-refractivity contribution is 5.94. The zero-order chi connectivity index (χ0) is 17.0. The molecule has 6 nitrogen and oxygen atoms in total. The van der Waals surface area contributed by atoms with Gasteiger partial charge in [0.25, 0.3) is 0 Å². The van der Waals surface area contributed by atoms with Gasteiger partial charge >= 0.3 is 6.09 Å². The Morgan fingerprint density at radius 2 is 1.96 bits per heavy atom. The van der Waals surface area contributed by atoms with Gasteiger partial charge in [-0.3, -0.25) is 4.79 Å². The Hall–Kier alpha value is -2.50. The number of aryl methyl sites for hydroxylation is 1.